The van der Waals surface area contributed by atoms with E-state index >= 15 is 0 Å². The number of nitrogens with zero attached hydrogens (tertiary/aromatic N) is 2. The van der Waals surface area contributed by atoms with E-state index < -0.39 is 9.87 Å². The highest BCUT2D eigenvalue weighted by Gasteiger charge is 2.54. The Balaban J connectivity index is 1.42. The molecule has 6 aromatic rings. The summed E-state index contributed by atoms with van der Waals surface area (Å²) >= 11 is 15.7. The molecule has 3 aliphatic rings. The Bertz CT molecular complexity index is 3120. The highest BCUT2D eigenvalue weighted by Crippen LogP contribution is 2.54. The number of allylic oxidation sites excluding steroid dienone is 3. The third-order valence-corrected chi connectivity index (χ3v) is 12.5. The SMILES string of the molecule is COc1ccc(C2=C3C=CC(=N3)C(c3ccc(OC)c(O)c3)=c3ccc([nH]3)=C(c3ccc(OC)c(O)c3)C3=NC(Cl)(C=C3)C(Cl)(c3ccc(OC)c(O)c3)c3ccc2[nH]3)cc1O. The van der Waals surface area contributed by atoms with Crippen molar-refractivity contribution in [2.24, 2.45) is 9.98 Å². The van der Waals surface area contributed by atoms with E-state index in [2.05, 4.69) is 9.97 Å². The molecule has 0 saturated heterocycles. The molecule has 12 nitrogen and oxygen atoms in total. The zero-order valence-electron chi connectivity index (χ0n) is 33.6. The highest BCUT2D eigenvalue weighted by atomic mass is 35.5. The second kappa shape index (κ2) is 15.3. The fourth-order valence-electron chi connectivity index (χ4n) is 8.15. The van der Waals surface area contributed by atoms with Crippen molar-refractivity contribution in [2.75, 3.05) is 28.4 Å². The average Bonchev–Trinajstić information content (AvgIpc) is 4.11. The van der Waals surface area contributed by atoms with Crippen LogP contribution in [0.15, 0.2) is 137 Å². The van der Waals surface area contributed by atoms with E-state index in [0.717, 1.165) is 0 Å². The Labute approximate surface area is 365 Å². The van der Waals surface area contributed by atoms with Gasteiger partial charge in [0.1, 0.15) is 0 Å². The fourth-order valence-corrected chi connectivity index (χ4v) is 8.85. The minimum Gasteiger partial charge on any atom is -0.504 e. The Morgan fingerprint density at radius 1 is 0.516 bits per heavy atom. The number of methoxy groups -OCH3 is 4. The van der Waals surface area contributed by atoms with Crippen LogP contribution in [0, 0.1) is 0 Å². The number of hydrogen-bond donors (Lipinski definition) is 6. The summed E-state index contributed by atoms with van der Waals surface area (Å²) in [5, 5.41) is 45.5. The van der Waals surface area contributed by atoms with Crippen LogP contribution in [0.25, 0.3) is 16.7 Å². The third kappa shape index (κ3) is 6.46. The van der Waals surface area contributed by atoms with Crippen LogP contribution in [0.1, 0.15) is 33.6 Å². The van der Waals surface area contributed by atoms with Crippen molar-refractivity contribution in [2.45, 2.75) is 9.87 Å². The molecule has 4 aromatic carbocycles. The molecular formula is C48H38Cl2N4O8. The first-order chi connectivity index (χ1) is 29.9. The number of aromatic nitrogens is 2. The van der Waals surface area contributed by atoms with Gasteiger partial charge in [0.2, 0.25) is 0 Å². The minimum absolute atomic E-state index is 0.0670. The summed E-state index contributed by atoms with van der Waals surface area (Å²) in [5.41, 5.74) is 6.44. The van der Waals surface area contributed by atoms with Crippen LogP contribution in [-0.4, -0.2) is 75.3 Å². The lowest BCUT2D eigenvalue weighted by molar-refractivity contribution is 0.372. The molecule has 2 unspecified atom stereocenters. The van der Waals surface area contributed by atoms with E-state index in [4.69, 9.17) is 52.1 Å². The summed E-state index contributed by atoms with van der Waals surface area (Å²) in [6.07, 6.45) is 7.20. The highest BCUT2D eigenvalue weighted by molar-refractivity contribution is 6.40. The molecule has 2 atom stereocenters. The molecule has 0 saturated carbocycles. The molecule has 14 heteroatoms. The maximum atomic E-state index is 11.1. The second-order valence-electron chi connectivity index (χ2n) is 14.6. The first-order valence-corrected chi connectivity index (χ1v) is 20.0. The quantitative estimate of drug-likeness (QED) is 0.0674. The Morgan fingerprint density at radius 2 is 1.02 bits per heavy atom. The summed E-state index contributed by atoms with van der Waals surface area (Å²) in [6, 6.07) is 27.4. The molecule has 6 N–H and O–H groups in total. The van der Waals surface area contributed by atoms with Crippen LogP contribution in [0.2, 0.25) is 0 Å². The summed E-state index contributed by atoms with van der Waals surface area (Å²) in [4.78, 5) is 14.0. The number of halogens is 2. The van der Waals surface area contributed by atoms with Gasteiger partial charge in [-0.3, -0.25) is 4.99 Å². The number of aliphatic imine (C=N–C) groups is 2. The number of phenolic OH excluding ortho intramolecular Hbond substituents is 4. The molecule has 0 fully saturated rings. The number of rotatable bonds is 8. The lowest BCUT2D eigenvalue weighted by Gasteiger charge is -2.37. The van der Waals surface area contributed by atoms with Crippen LogP contribution >= 0.6 is 23.2 Å². The average molecular weight is 870 g/mol. The molecular weight excluding hydrogens is 831 g/mol. The van der Waals surface area contributed by atoms with Crippen molar-refractivity contribution in [3.05, 3.63) is 171 Å². The second-order valence-corrected chi connectivity index (χ2v) is 15.8. The van der Waals surface area contributed by atoms with Gasteiger partial charge in [-0.15, -0.1) is 11.6 Å². The zero-order valence-corrected chi connectivity index (χ0v) is 35.1. The molecule has 0 amide bonds. The van der Waals surface area contributed by atoms with Crippen LogP contribution < -0.4 is 29.6 Å². The van der Waals surface area contributed by atoms with Gasteiger partial charge in [0.05, 0.1) is 45.6 Å². The normalized spacial score (nSPS) is 19.1. The smallest absolute Gasteiger partial charge is 0.181 e. The summed E-state index contributed by atoms with van der Waals surface area (Å²) < 4.78 is 21.5. The maximum absolute atomic E-state index is 11.1. The fraction of sp³-hybridized carbons (Fsp3) is 0.125. The summed E-state index contributed by atoms with van der Waals surface area (Å²) in [5.74, 6) is 0.685. The van der Waals surface area contributed by atoms with Crippen LogP contribution in [0.5, 0.6) is 46.0 Å². The number of hydrogen-bond acceptors (Lipinski definition) is 10. The van der Waals surface area contributed by atoms with E-state index in [1.165, 1.54) is 34.5 Å². The van der Waals surface area contributed by atoms with Gasteiger partial charge >= 0.3 is 0 Å². The Morgan fingerprint density at radius 3 is 1.53 bits per heavy atom. The largest absolute Gasteiger partial charge is 0.504 e. The number of H-pyrrole nitrogens is 2. The number of alkyl halides is 2. The Kier molecular flexibility index (Phi) is 9.92. The van der Waals surface area contributed by atoms with Gasteiger partial charge in [0, 0.05) is 38.8 Å². The van der Waals surface area contributed by atoms with E-state index in [1.54, 1.807) is 72.8 Å². The van der Waals surface area contributed by atoms with E-state index in [0.29, 0.717) is 83.9 Å². The molecule has 2 aromatic heterocycles. The van der Waals surface area contributed by atoms with Crippen molar-refractivity contribution >= 4 is 51.3 Å². The maximum Gasteiger partial charge on any atom is 0.181 e. The number of phenols is 4. The van der Waals surface area contributed by atoms with Gasteiger partial charge in [-0.05, 0) is 119 Å². The van der Waals surface area contributed by atoms with Crippen molar-refractivity contribution in [3.8, 4) is 46.0 Å². The summed E-state index contributed by atoms with van der Waals surface area (Å²) in [6.45, 7) is 0. The number of ether oxygens (including phenoxy) is 4. The van der Waals surface area contributed by atoms with Crippen LogP contribution in [0.4, 0.5) is 0 Å². The molecule has 62 heavy (non-hydrogen) atoms. The minimum atomic E-state index is -1.75. The van der Waals surface area contributed by atoms with Crippen molar-refractivity contribution < 1.29 is 39.4 Å². The molecule has 9 rings (SSSR count). The molecule has 5 heterocycles. The molecule has 312 valence electrons. The zero-order chi connectivity index (χ0) is 43.5. The molecule has 0 radical (unpaired) electrons. The molecule has 8 bridgehead atoms. The van der Waals surface area contributed by atoms with Gasteiger partial charge in [0.25, 0.3) is 0 Å². The van der Waals surface area contributed by atoms with Crippen molar-refractivity contribution in [1.82, 2.24) is 9.97 Å². The number of fused-ring (bicyclic) bond motifs is 6. The number of benzene rings is 4. The van der Waals surface area contributed by atoms with Crippen molar-refractivity contribution in [1.29, 1.82) is 0 Å². The standard InChI is InChI=1S/C48H38Cl2N4O8/c1-59-39-14-5-25(21-35(39)55)44-29-9-10-31(51-29)45(26-6-15-40(60-2)36(56)22-26)33-13-18-43(53-33)48(50,28-8-17-42(62-4)38(58)24-28)47(49)20-19-34(54-47)46(32-12-11-30(44)52-32)27-7-16-41(61-3)37(57)23-27/h5-24,52-53,55-58H,1-4H3. The van der Waals surface area contributed by atoms with E-state index in [9.17, 15) is 20.4 Å². The van der Waals surface area contributed by atoms with Crippen LogP contribution in [-0.2, 0) is 4.87 Å². The van der Waals surface area contributed by atoms with Gasteiger partial charge in [0.15, 0.2) is 55.9 Å². The molecule has 0 aliphatic carbocycles. The first-order valence-electron chi connectivity index (χ1n) is 19.2. The third-order valence-electron chi connectivity index (χ3n) is 11.2. The van der Waals surface area contributed by atoms with Gasteiger partial charge in [-0.2, -0.15) is 0 Å². The first kappa shape index (κ1) is 40.1. The lowest BCUT2D eigenvalue weighted by Crippen LogP contribution is -2.41. The molecule has 0 spiro atoms. The number of aromatic amines is 2. The number of aromatic hydroxyl groups is 4. The molecule has 3 aliphatic heterocycles. The predicted molar refractivity (Wildman–Crippen MR) is 239 cm³/mol. The van der Waals surface area contributed by atoms with Gasteiger partial charge < -0.3 is 49.3 Å². The van der Waals surface area contributed by atoms with Gasteiger partial charge in [-0.1, -0.05) is 35.9 Å². The van der Waals surface area contributed by atoms with E-state index in [-0.39, 0.29) is 40.2 Å². The van der Waals surface area contributed by atoms with Gasteiger partial charge in [-0.25, -0.2) is 4.99 Å². The topological polar surface area (TPSA) is 174 Å². The summed E-state index contributed by atoms with van der Waals surface area (Å²) in [7, 11) is 5.88. The Hall–Kier alpha value is -7.28. The predicted octanol–water partition coefficient (Wildman–Crippen LogP) is 7.51. The monoisotopic (exact) mass is 868 g/mol. The van der Waals surface area contributed by atoms with Crippen LogP contribution in [0.3, 0.4) is 0 Å². The lowest BCUT2D eigenvalue weighted by atomic mass is 9.87. The van der Waals surface area contributed by atoms with E-state index in [1.807, 2.05) is 42.5 Å². The van der Waals surface area contributed by atoms with Crippen molar-refractivity contribution in [3.63, 3.8) is 0 Å². The number of nitrogens with one attached hydrogen (secondary N) is 2.